The quantitative estimate of drug-likeness (QED) is 0.142. The van der Waals surface area contributed by atoms with Crippen LogP contribution in [-0.4, -0.2) is 0 Å². The Morgan fingerprint density at radius 2 is 0.662 bits per heavy atom. The van der Waals surface area contributed by atoms with Crippen molar-refractivity contribution in [1.29, 1.82) is 0 Å². The smallest absolute Gasteiger partial charge is 0.0540 e. The van der Waals surface area contributed by atoms with Gasteiger partial charge in [0.05, 0.1) is 11.4 Å². The molecule has 13 aromatic rings. The van der Waals surface area contributed by atoms with Crippen molar-refractivity contribution in [1.82, 2.24) is 0 Å². The third kappa shape index (κ3) is 7.01. The molecule has 0 N–H and O–H groups in total. The van der Waals surface area contributed by atoms with Crippen molar-refractivity contribution in [3.05, 3.63) is 255 Å². The van der Waals surface area contributed by atoms with E-state index in [4.69, 9.17) is 0 Å². The number of hydrogen-bond donors (Lipinski definition) is 0. The fourth-order valence-corrected chi connectivity index (χ4v) is 12.4. The summed E-state index contributed by atoms with van der Waals surface area (Å²) in [4.78, 5) is 4.89. The van der Waals surface area contributed by atoms with Gasteiger partial charge in [0, 0.05) is 74.0 Å². The predicted molar refractivity (Wildman–Crippen MR) is 295 cm³/mol. The lowest BCUT2D eigenvalue weighted by Gasteiger charge is -2.30. The molecule has 0 radical (unpaired) electrons. The maximum Gasteiger partial charge on any atom is 0.0540 e. The van der Waals surface area contributed by atoms with Gasteiger partial charge in [-0.25, -0.2) is 0 Å². The van der Waals surface area contributed by atoms with E-state index < -0.39 is 0 Å². The van der Waals surface area contributed by atoms with Gasteiger partial charge in [0.1, 0.15) is 0 Å². The van der Waals surface area contributed by atoms with Gasteiger partial charge in [0.15, 0.2) is 0 Å². The summed E-state index contributed by atoms with van der Waals surface area (Å²) in [5.74, 6) is 0. The highest BCUT2D eigenvalue weighted by molar-refractivity contribution is 7.26. The zero-order valence-corrected chi connectivity index (χ0v) is 38.6. The molecular weight excluding hydrogens is 861 g/mol. The van der Waals surface area contributed by atoms with E-state index in [2.05, 4.69) is 265 Å². The number of nitrogens with zero attached hydrogens (tertiary/aromatic N) is 2. The number of thiophene rings is 2. The first-order valence-corrected chi connectivity index (χ1v) is 24.7. The molecule has 0 saturated heterocycles. The third-order valence-electron chi connectivity index (χ3n) is 13.2. The Morgan fingerprint density at radius 3 is 1.26 bits per heavy atom. The Balaban J connectivity index is 0.976. The summed E-state index contributed by atoms with van der Waals surface area (Å²) in [5.41, 5.74) is 13.7. The highest BCUT2D eigenvalue weighted by atomic mass is 32.1. The van der Waals surface area contributed by atoms with Crippen LogP contribution in [0.3, 0.4) is 0 Å². The highest BCUT2D eigenvalue weighted by Gasteiger charge is 2.22. The zero-order chi connectivity index (χ0) is 45.0. The first-order valence-electron chi connectivity index (χ1n) is 23.1. The maximum atomic E-state index is 2.46. The SMILES string of the molecule is c1ccc(-c2ccccc2N(c2cccc(-c3cccc(N(c4ccc5c(c4)sc4ccccc45)c4ccc5c(c4)sc4ccccc45)c3)c2)c2ccc(-c3ccccc3)c3ccccc23)cc1. The molecule has 2 heterocycles. The van der Waals surface area contributed by atoms with Gasteiger partial charge in [0.25, 0.3) is 0 Å². The summed E-state index contributed by atoms with van der Waals surface area (Å²) >= 11 is 3.72. The van der Waals surface area contributed by atoms with Gasteiger partial charge in [-0.15, -0.1) is 22.7 Å². The number of benzene rings is 11. The van der Waals surface area contributed by atoms with E-state index in [0.717, 1.165) is 45.3 Å². The molecule has 0 spiro atoms. The van der Waals surface area contributed by atoms with Gasteiger partial charge in [-0.1, -0.05) is 182 Å². The van der Waals surface area contributed by atoms with Crippen LogP contribution >= 0.6 is 22.7 Å². The molecule has 68 heavy (non-hydrogen) atoms. The second-order valence-electron chi connectivity index (χ2n) is 17.3. The standard InChI is InChI=1S/C64H42N2S2/c1-3-17-43(18-4-1)51-37-38-60(54-27-8-7-26-53(51)54)66(59-30-12-9-25-52(59)44-19-5-2-6-20-44)48-24-16-22-46(40-48)45-21-15-23-47(39-45)65(49-33-35-57-55-28-10-13-31-61(55)67-63(57)41-49)50-34-36-58-56-29-11-14-32-62(56)68-64(58)42-50/h1-42H. The molecule has 2 aromatic heterocycles. The number of fused-ring (bicyclic) bond motifs is 7. The van der Waals surface area contributed by atoms with Crippen LogP contribution in [0.2, 0.25) is 0 Å². The fourth-order valence-electron chi connectivity index (χ4n) is 10.1. The van der Waals surface area contributed by atoms with Crippen LogP contribution in [0.4, 0.5) is 34.1 Å². The van der Waals surface area contributed by atoms with Crippen LogP contribution in [0.25, 0.3) is 84.5 Å². The highest BCUT2D eigenvalue weighted by Crippen LogP contribution is 2.47. The van der Waals surface area contributed by atoms with Crippen LogP contribution in [0.1, 0.15) is 0 Å². The molecule has 0 aliphatic rings. The van der Waals surface area contributed by atoms with Gasteiger partial charge in [-0.2, -0.15) is 0 Å². The lowest BCUT2D eigenvalue weighted by Crippen LogP contribution is -2.12. The lowest BCUT2D eigenvalue weighted by atomic mass is 9.95. The van der Waals surface area contributed by atoms with Crippen molar-refractivity contribution in [2.24, 2.45) is 0 Å². The van der Waals surface area contributed by atoms with Crippen molar-refractivity contribution in [3.63, 3.8) is 0 Å². The molecule has 13 rings (SSSR count). The number of rotatable bonds is 9. The van der Waals surface area contributed by atoms with Crippen LogP contribution in [0.15, 0.2) is 255 Å². The first kappa shape index (κ1) is 40.0. The van der Waals surface area contributed by atoms with E-state index in [1.807, 2.05) is 22.7 Å². The molecule has 4 heteroatoms. The summed E-state index contributed by atoms with van der Waals surface area (Å²) in [6, 6.07) is 93.3. The van der Waals surface area contributed by atoms with E-state index in [0.29, 0.717) is 0 Å². The molecule has 11 aromatic carbocycles. The van der Waals surface area contributed by atoms with Crippen LogP contribution in [0.5, 0.6) is 0 Å². The Kier molecular flexibility index (Phi) is 9.93. The normalized spacial score (nSPS) is 11.5. The maximum absolute atomic E-state index is 2.46. The van der Waals surface area contributed by atoms with Crippen LogP contribution < -0.4 is 9.80 Å². The third-order valence-corrected chi connectivity index (χ3v) is 15.5. The van der Waals surface area contributed by atoms with Gasteiger partial charge in [-0.05, 0) is 106 Å². The van der Waals surface area contributed by atoms with Gasteiger partial charge in [0.2, 0.25) is 0 Å². The Morgan fingerprint density at radius 1 is 0.221 bits per heavy atom. The van der Waals surface area contributed by atoms with Crippen LogP contribution in [-0.2, 0) is 0 Å². The topological polar surface area (TPSA) is 6.48 Å². The van der Waals surface area contributed by atoms with E-state index in [-0.39, 0.29) is 0 Å². The summed E-state index contributed by atoms with van der Waals surface area (Å²) in [6.07, 6.45) is 0. The summed E-state index contributed by atoms with van der Waals surface area (Å²) in [6.45, 7) is 0. The van der Waals surface area contributed by atoms with E-state index in [1.54, 1.807) is 0 Å². The van der Waals surface area contributed by atoms with Crippen LogP contribution in [0, 0.1) is 0 Å². The molecule has 0 amide bonds. The monoisotopic (exact) mass is 902 g/mol. The van der Waals surface area contributed by atoms with Gasteiger partial charge < -0.3 is 9.80 Å². The van der Waals surface area contributed by atoms with E-state index in [9.17, 15) is 0 Å². The Bertz CT molecular complexity index is 3890. The fraction of sp³-hybridized carbons (Fsp3) is 0. The number of anilines is 6. The molecule has 0 bridgehead atoms. The van der Waals surface area contributed by atoms with Gasteiger partial charge in [-0.3, -0.25) is 0 Å². The molecular formula is C64H42N2S2. The first-order chi connectivity index (χ1) is 33.7. The minimum Gasteiger partial charge on any atom is -0.310 e. The molecule has 320 valence electrons. The second-order valence-corrected chi connectivity index (χ2v) is 19.4. The van der Waals surface area contributed by atoms with Gasteiger partial charge >= 0.3 is 0 Å². The summed E-state index contributed by atoms with van der Waals surface area (Å²) in [7, 11) is 0. The molecule has 0 fully saturated rings. The minimum atomic E-state index is 1.08. The summed E-state index contributed by atoms with van der Waals surface area (Å²) < 4.78 is 5.17. The molecule has 0 atom stereocenters. The zero-order valence-electron chi connectivity index (χ0n) is 37.0. The predicted octanol–water partition coefficient (Wildman–Crippen LogP) is 19.5. The largest absolute Gasteiger partial charge is 0.310 e. The average Bonchev–Trinajstić information content (AvgIpc) is 3.97. The van der Waals surface area contributed by atoms with Crippen molar-refractivity contribution in [2.45, 2.75) is 0 Å². The van der Waals surface area contributed by atoms with Crippen molar-refractivity contribution in [2.75, 3.05) is 9.80 Å². The second kappa shape index (κ2) is 16.9. The number of hydrogen-bond acceptors (Lipinski definition) is 4. The van der Waals surface area contributed by atoms with Crippen molar-refractivity contribution < 1.29 is 0 Å². The molecule has 0 saturated carbocycles. The Hall–Kier alpha value is -8.28. The van der Waals surface area contributed by atoms with E-state index >= 15 is 0 Å². The molecule has 2 nitrogen and oxygen atoms in total. The summed E-state index contributed by atoms with van der Waals surface area (Å²) in [5, 5.41) is 7.59. The van der Waals surface area contributed by atoms with Crippen molar-refractivity contribution in [3.8, 4) is 33.4 Å². The lowest BCUT2D eigenvalue weighted by molar-refractivity contribution is 1.29. The van der Waals surface area contributed by atoms with Crippen molar-refractivity contribution >= 4 is 108 Å². The Labute approximate surface area is 403 Å². The average molecular weight is 903 g/mol. The molecule has 0 aliphatic carbocycles. The number of para-hydroxylation sites is 1. The molecule has 0 unspecified atom stereocenters. The minimum absolute atomic E-state index is 1.08. The molecule has 0 aliphatic heterocycles. The van der Waals surface area contributed by atoms with E-state index in [1.165, 1.54) is 73.4 Å².